The number of hydrogen-bond donors (Lipinski definition) is 0. The van der Waals surface area contributed by atoms with Gasteiger partial charge in [-0.25, -0.2) is 9.67 Å². The Morgan fingerprint density at radius 2 is 1.74 bits per heavy atom. The van der Waals surface area contributed by atoms with E-state index in [1.807, 2.05) is 50.2 Å². The number of thiazole rings is 1. The van der Waals surface area contributed by atoms with Crippen LogP contribution in [0.1, 0.15) is 101 Å². The zero-order chi connectivity index (χ0) is 27.8. The quantitative estimate of drug-likeness (QED) is 0.230. The molecule has 3 aromatic rings. The van der Waals surface area contributed by atoms with Gasteiger partial charge >= 0.3 is 0 Å². The smallest absolute Gasteiger partial charge is 0.257 e. The molecule has 0 N–H and O–H groups in total. The second-order valence-electron chi connectivity index (χ2n) is 10.9. The average molecular weight is 550 g/mol. The Morgan fingerprint density at radius 3 is 2.44 bits per heavy atom. The maximum atomic E-state index is 13.7. The lowest BCUT2D eigenvalue weighted by atomic mass is 10.0. The van der Waals surface area contributed by atoms with Crippen molar-refractivity contribution in [2.24, 2.45) is 0 Å². The number of carbonyl (C=O) groups excluding carboxylic acids is 2. The molecule has 0 bridgehead atoms. The van der Waals surface area contributed by atoms with Gasteiger partial charge in [-0.05, 0) is 19.3 Å². The Hall–Kier alpha value is -3.00. The van der Waals surface area contributed by atoms with E-state index in [1.54, 1.807) is 6.20 Å². The molecular formula is C31H43N5O2S. The Labute approximate surface area is 237 Å². The molecule has 4 rings (SSSR count). The van der Waals surface area contributed by atoms with Crippen molar-refractivity contribution in [2.45, 2.75) is 91.0 Å². The Balaban J connectivity index is 1.37. The van der Waals surface area contributed by atoms with E-state index in [0.29, 0.717) is 31.6 Å². The Bertz CT molecular complexity index is 1220. The highest BCUT2D eigenvalue weighted by molar-refractivity contribution is 7.12. The highest BCUT2D eigenvalue weighted by Gasteiger charge is 2.32. The summed E-state index contributed by atoms with van der Waals surface area (Å²) < 4.78 is 1.82. The predicted molar refractivity (Wildman–Crippen MR) is 158 cm³/mol. The van der Waals surface area contributed by atoms with Crippen LogP contribution in [-0.4, -0.2) is 62.1 Å². The lowest BCUT2D eigenvalue weighted by molar-refractivity contribution is -0.135. The molecule has 3 heterocycles. The van der Waals surface area contributed by atoms with Gasteiger partial charge in [0.2, 0.25) is 11.0 Å². The molecule has 1 aliphatic heterocycles. The van der Waals surface area contributed by atoms with Gasteiger partial charge < -0.3 is 9.80 Å². The van der Waals surface area contributed by atoms with Crippen LogP contribution in [-0.2, 0) is 4.79 Å². The fourth-order valence-electron chi connectivity index (χ4n) is 5.39. The van der Waals surface area contributed by atoms with Crippen molar-refractivity contribution < 1.29 is 9.59 Å². The summed E-state index contributed by atoms with van der Waals surface area (Å²) in [5.74, 6) is 0.297. The Kier molecular flexibility index (Phi) is 10.3. The van der Waals surface area contributed by atoms with Gasteiger partial charge in [0, 0.05) is 43.0 Å². The molecule has 2 amide bonds. The van der Waals surface area contributed by atoms with Crippen molar-refractivity contribution in [1.82, 2.24) is 24.6 Å². The first-order chi connectivity index (χ1) is 18.9. The predicted octanol–water partition coefficient (Wildman–Crippen LogP) is 6.93. The fourth-order valence-corrected chi connectivity index (χ4v) is 6.20. The second kappa shape index (κ2) is 13.9. The molecule has 1 saturated heterocycles. The molecule has 1 aliphatic rings. The summed E-state index contributed by atoms with van der Waals surface area (Å²) in [5.41, 5.74) is 3.46. The van der Waals surface area contributed by atoms with Gasteiger partial charge in [0.15, 0.2) is 0 Å². The van der Waals surface area contributed by atoms with E-state index in [0.717, 1.165) is 34.9 Å². The number of rotatable bonds is 12. The van der Waals surface area contributed by atoms with E-state index in [4.69, 9.17) is 4.98 Å². The van der Waals surface area contributed by atoms with Crippen molar-refractivity contribution in [1.29, 1.82) is 0 Å². The molecule has 7 nitrogen and oxygen atoms in total. The summed E-state index contributed by atoms with van der Waals surface area (Å²) in [4.78, 5) is 35.3. The van der Waals surface area contributed by atoms with Crippen molar-refractivity contribution >= 4 is 23.2 Å². The number of amides is 2. The Morgan fingerprint density at radius 1 is 1.03 bits per heavy atom. The lowest BCUT2D eigenvalue weighted by Gasteiger charge is -2.40. The summed E-state index contributed by atoms with van der Waals surface area (Å²) in [5, 5.41) is 7.40. The standard InChI is InChI=1S/C31H43N5O2S/c1-5-6-7-8-9-10-14-17-28(37)35-19-18-34(21-24(35)4)30(38)26-20-32-36(29(26)23(2)3)31-33-27(22-39-31)25-15-12-11-13-16-25/h11-13,15-16,20,22-24H,5-10,14,17-19,21H2,1-4H3. The summed E-state index contributed by atoms with van der Waals surface area (Å²) in [6, 6.07) is 10.1. The van der Waals surface area contributed by atoms with Gasteiger partial charge in [-0.3, -0.25) is 9.59 Å². The van der Waals surface area contributed by atoms with E-state index in [-0.39, 0.29) is 23.8 Å². The van der Waals surface area contributed by atoms with Crippen molar-refractivity contribution in [2.75, 3.05) is 19.6 Å². The van der Waals surface area contributed by atoms with Gasteiger partial charge in [0.25, 0.3) is 5.91 Å². The van der Waals surface area contributed by atoms with Gasteiger partial charge in [-0.15, -0.1) is 11.3 Å². The number of nitrogens with zero attached hydrogens (tertiary/aromatic N) is 5. The molecule has 0 aliphatic carbocycles. The van der Waals surface area contributed by atoms with E-state index in [2.05, 4.69) is 32.8 Å². The van der Waals surface area contributed by atoms with Gasteiger partial charge in [0.05, 0.1) is 23.1 Å². The van der Waals surface area contributed by atoms with Gasteiger partial charge in [-0.1, -0.05) is 89.6 Å². The minimum Gasteiger partial charge on any atom is -0.336 e. The third-order valence-electron chi connectivity index (χ3n) is 7.56. The van der Waals surface area contributed by atoms with Crippen molar-refractivity contribution in [3.8, 4) is 16.4 Å². The number of piperazine rings is 1. The van der Waals surface area contributed by atoms with Crippen LogP contribution in [0.4, 0.5) is 0 Å². The van der Waals surface area contributed by atoms with Crippen LogP contribution in [0.25, 0.3) is 16.4 Å². The van der Waals surface area contributed by atoms with Gasteiger partial charge in [0.1, 0.15) is 0 Å². The van der Waals surface area contributed by atoms with Crippen LogP contribution in [0.5, 0.6) is 0 Å². The van der Waals surface area contributed by atoms with Crippen molar-refractivity contribution in [3.63, 3.8) is 0 Å². The molecule has 39 heavy (non-hydrogen) atoms. The topological polar surface area (TPSA) is 71.3 Å². The molecule has 8 heteroatoms. The summed E-state index contributed by atoms with van der Waals surface area (Å²) >= 11 is 1.53. The number of benzene rings is 1. The molecular weight excluding hydrogens is 506 g/mol. The minimum atomic E-state index is -0.0178. The SMILES string of the molecule is CCCCCCCCCC(=O)N1CCN(C(=O)c2cnn(-c3nc(-c4ccccc4)cs3)c2C(C)C)CC1C. The first-order valence-corrected chi connectivity index (χ1v) is 15.5. The van der Waals surface area contributed by atoms with Crippen LogP contribution >= 0.6 is 11.3 Å². The highest BCUT2D eigenvalue weighted by atomic mass is 32.1. The van der Waals surface area contributed by atoms with Crippen LogP contribution in [0.3, 0.4) is 0 Å². The number of carbonyl (C=O) groups is 2. The summed E-state index contributed by atoms with van der Waals surface area (Å²) in [7, 11) is 0. The van der Waals surface area contributed by atoms with Crippen LogP contribution in [0.2, 0.25) is 0 Å². The number of hydrogen-bond acceptors (Lipinski definition) is 5. The largest absolute Gasteiger partial charge is 0.336 e. The molecule has 1 atom stereocenters. The average Bonchev–Trinajstić information content (AvgIpc) is 3.60. The zero-order valence-corrected chi connectivity index (χ0v) is 24.8. The monoisotopic (exact) mass is 549 g/mol. The highest BCUT2D eigenvalue weighted by Crippen LogP contribution is 2.29. The first kappa shape index (κ1) is 29.0. The van der Waals surface area contributed by atoms with Crippen LogP contribution < -0.4 is 0 Å². The summed E-state index contributed by atoms with van der Waals surface area (Å²) in [6.07, 6.45) is 10.7. The van der Waals surface area contributed by atoms with E-state index >= 15 is 0 Å². The third-order valence-corrected chi connectivity index (χ3v) is 8.37. The maximum absolute atomic E-state index is 13.7. The lowest BCUT2D eigenvalue weighted by Crippen LogP contribution is -2.55. The molecule has 210 valence electrons. The molecule has 0 radical (unpaired) electrons. The molecule has 2 aromatic heterocycles. The molecule has 1 fully saturated rings. The zero-order valence-electron chi connectivity index (χ0n) is 23.9. The first-order valence-electron chi connectivity index (χ1n) is 14.6. The summed E-state index contributed by atoms with van der Waals surface area (Å²) in [6.45, 7) is 10.1. The van der Waals surface area contributed by atoms with Gasteiger partial charge in [-0.2, -0.15) is 5.10 Å². The normalized spacial score (nSPS) is 15.8. The van der Waals surface area contributed by atoms with E-state index < -0.39 is 0 Å². The maximum Gasteiger partial charge on any atom is 0.257 e. The fraction of sp³-hybridized carbons (Fsp3) is 0.548. The minimum absolute atomic E-state index is 0.00434. The molecule has 1 unspecified atom stereocenters. The molecule has 1 aromatic carbocycles. The number of unbranched alkanes of at least 4 members (excludes halogenated alkanes) is 6. The van der Waals surface area contributed by atoms with E-state index in [1.165, 1.54) is 43.4 Å². The molecule has 0 saturated carbocycles. The number of aromatic nitrogens is 3. The van der Waals surface area contributed by atoms with Crippen molar-refractivity contribution in [3.05, 3.63) is 53.2 Å². The van der Waals surface area contributed by atoms with E-state index in [9.17, 15) is 9.59 Å². The van der Waals surface area contributed by atoms with Crippen LogP contribution in [0.15, 0.2) is 41.9 Å². The third kappa shape index (κ3) is 7.15. The molecule has 0 spiro atoms. The second-order valence-corrected chi connectivity index (χ2v) is 11.8. The van der Waals surface area contributed by atoms with Crippen LogP contribution in [0, 0.1) is 0 Å².